The Morgan fingerprint density at radius 2 is 2.42 bits per heavy atom. The maximum absolute atomic E-state index is 5.21. The van der Waals surface area contributed by atoms with Gasteiger partial charge in [0, 0.05) is 18.7 Å². The fourth-order valence-corrected chi connectivity index (χ4v) is 0.935. The average molecular weight is 166 g/mol. The van der Waals surface area contributed by atoms with E-state index in [2.05, 4.69) is 22.3 Å². The summed E-state index contributed by atoms with van der Waals surface area (Å²) in [4.78, 5) is 8.30. The fourth-order valence-electron chi connectivity index (χ4n) is 0.935. The van der Waals surface area contributed by atoms with Crippen molar-refractivity contribution in [3.05, 3.63) is 18.1 Å². The quantitative estimate of drug-likeness (QED) is 0.519. The van der Waals surface area contributed by atoms with Gasteiger partial charge in [0.05, 0.1) is 0 Å². The molecule has 1 heterocycles. The van der Waals surface area contributed by atoms with Gasteiger partial charge in [0.2, 0.25) is 0 Å². The van der Waals surface area contributed by atoms with Gasteiger partial charge in [-0.1, -0.05) is 13.3 Å². The number of nitrogens with zero attached hydrogens (tertiary/aromatic N) is 2. The van der Waals surface area contributed by atoms with E-state index in [1.807, 2.05) is 0 Å². The third-order valence-electron chi connectivity index (χ3n) is 1.61. The summed E-state index contributed by atoms with van der Waals surface area (Å²) in [6.07, 6.45) is 4.91. The molecule has 0 saturated carbocycles. The zero-order chi connectivity index (χ0) is 8.81. The van der Waals surface area contributed by atoms with Crippen molar-refractivity contribution >= 4 is 5.82 Å². The molecule has 3 N–H and O–H groups in total. The second-order valence-electron chi connectivity index (χ2n) is 2.61. The molecule has 0 fully saturated rings. The van der Waals surface area contributed by atoms with Gasteiger partial charge >= 0.3 is 0 Å². The lowest BCUT2D eigenvalue weighted by atomic mass is 10.2. The Bertz CT molecular complexity index is 236. The standard InChI is InChI=1S/C8H14N4/c1-2-3-4-7-10-6-5-8(11-7)12-9/h5-6H,2-4,9H2,1H3,(H,10,11,12). The Morgan fingerprint density at radius 1 is 1.58 bits per heavy atom. The first-order chi connectivity index (χ1) is 5.86. The lowest BCUT2D eigenvalue weighted by Crippen LogP contribution is -2.09. The Kier molecular flexibility index (Phi) is 3.47. The molecule has 0 spiro atoms. The summed E-state index contributed by atoms with van der Waals surface area (Å²) in [5.74, 6) is 6.74. The van der Waals surface area contributed by atoms with Crippen molar-refractivity contribution in [2.45, 2.75) is 26.2 Å². The van der Waals surface area contributed by atoms with Gasteiger partial charge in [0.25, 0.3) is 0 Å². The molecule has 4 heteroatoms. The molecule has 1 aromatic rings. The number of aryl methyl sites for hydroxylation is 1. The first-order valence-electron chi connectivity index (χ1n) is 4.15. The molecule has 4 nitrogen and oxygen atoms in total. The van der Waals surface area contributed by atoms with Crippen LogP contribution < -0.4 is 11.3 Å². The molecule has 1 rings (SSSR count). The number of nitrogens with two attached hydrogens (primary N) is 1. The van der Waals surface area contributed by atoms with Crippen molar-refractivity contribution in [2.24, 2.45) is 5.84 Å². The Labute approximate surface area is 72.2 Å². The van der Waals surface area contributed by atoms with Crippen LogP contribution in [0.3, 0.4) is 0 Å². The van der Waals surface area contributed by atoms with Gasteiger partial charge in [-0.3, -0.25) is 0 Å². The van der Waals surface area contributed by atoms with E-state index in [1.165, 1.54) is 0 Å². The minimum Gasteiger partial charge on any atom is -0.308 e. The zero-order valence-electron chi connectivity index (χ0n) is 7.25. The number of unbranched alkanes of at least 4 members (excludes halogenated alkanes) is 1. The van der Waals surface area contributed by atoms with Crippen molar-refractivity contribution in [3.63, 3.8) is 0 Å². The summed E-state index contributed by atoms with van der Waals surface area (Å²) in [7, 11) is 0. The lowest BCUT2D eigenvalue weighted by molar-refractivity contribution is 0.752. The van der Waals surface area contributed by atoms with Gasteiger partial charge in [0.15, 0.2) is 0 Å². The molecule has 1 aromatic heterocycles. The highest BCUT2D eigenvalue weighted by atomic mass is 15.3. The molecule has 0 unspecified atom stereocenters. The van der Waals surface area contributed by atoms with E-state index in [4.69, 9.17) is 5.84 Å². The maximum atomic E-state index is 5.21. The summed E-state index contributed by atoms with van der Waals surface area (Å²) >= 11 is 0. The van der Waals surface area contributed by atoms with Crippen molar-refractivity contribution in [1.82, 2.24) is 9.97 Å². The monoisotopic (exact) mass is 166 g/mol. The number of rotatable bonds is 4. The molecule has 0 aliphatic heterocycles. The van der Waals surface area contributed by atoms with Crippen molar-refractivity contribution in [3.8, 4) is 0 Å². The van der Waals surface area contributed by atoms with Gasteiger partial charge in [-0.25, -0.2) is 15.8 Å². The van der Waals surface area contributed by atoms with Gasteiger partial charge in [-0.15, -0.1) is 0 Å². The van der Waals surface area contributed by atoms with Crippen molar-refractivity contribution < 1.29 is 0 Å². The maximum Gasteiger partial charge on any atom is 0.143 e. The van der Waals surface area contributed by atoms with Gasteiger partial charge in [0.1, 0.15) is 11.6 Å². The van der Waals surface area contributed by atoms with Gasteiger partial charge in [-0.2, -0.15) is 0 Å². The zero-order valence-corrected chi connectivity index (χ0v) is 7.25. The summed E-state index contributed by atoms with van der Waals surface area (Å²) in [5, 5.41) is 0. The molecular formula is C8H14N4. The molecule has 0 aromatic carbocycles. The largest absolute Gasteiger partial charge is 0.308 e. The van der Waals surface area contributed by atoms with Gasteiger partial charge in [-0.05, 0) is 6.42 Å². The Morgan fingerprint density at radius 3 is 3.08 bits per heavy atom. The second-order valence-corrected chi connectivity index (χ2v) is 2.61. The third kappa shape index (κ3) is 2.47. The minimum atomic E-state index is 0.677. The van der Waals surface area contributed by atoms with Crippen LogP contribution in [0.2, 0.25) is 0 Å². The summed E-state index contributed by atoms with van der Waals surface area (Å²) in [5.41, 5.74) is 2.49. The molecule has 0 radical (unpaired) electrons. The van der Waals surface area contributed by atoms with Crippen LogP contribution in [0.5, 0.6) is 0 Å². The molecule has 12 heavy (non-hydrogen) atoms. The number of aromatic nitrogens is 2. The highest BCUT2D eigenvalue weighted by Gasteiger charge is 1.96. The predicted molar refractivity (Wildman–Crippen MR) is 48.5 cm³/mol. The van der Waals surface area contributed by atoms with Crippen LogP contribution in [0.4, 0.5) is 5.82 Å². The Balaban J connectivity index is 2.60. The summed E-state index contributed by atoms with van der Waals surface area (Å²) in [6.45, 7) is 2.14. The number of nitrogens with one attached hydrogen (secondary N) is 1. The minimum absolute atomic E-state index is 0.677. The smallest absolute Gasteiger partial charge is 0.143 e. The van der Waals surface area contributed by atoms with Crippen LogP contribution >= 0.6 is 0 Å². The van der Waals surface area contributed by atoms with E-state index >= 15 is 0 Å². The highest BCUT2D eigenvalue weighted by molar-refractivity contribution is 5.30. The highest BCUT2D eigenvalue weighted by Crippen LogP contribution is 2.02. The van der Waals surface area contributed by atoms with Crippen LogP contribution in [0.15, 0.2) is 12.3 Å². The second kappa shape index (κ2) is 4.66. The number of hydrazine groups is 1. The average Bonchev–Trinajstić information content (AvgIpc) is 2.15. The predicted octanol–water partition coefficient (Wildman–Crippen LogP) is 1.10. The lowest BCUT2D eigenvalue weighted by Gasteiger charge is -2.00. The van der Waals surface area contributed by atoms with Crippen molar-refractivity contribution in [2.75, 3.05) is 5.43 Å². The molecule has 0 amide bonds. The number of nitrogen functional groups attached to an aromatic ring is 1. The molecule has 66 valence electrons. The first-order valence-corrected chi connectivity index (χ1v) is 4.15. The topological polar surface area (TPSA) is 63.8 Å². The number of hydrogen-bond acceptors (Lipinski definition) is 4. The molecule has 0 aliphatic rings. The summed E-state index contributed by atoms with van der Waals surface area (Å²) in [6, 6.07) is 1.75. The number of anilines is 1. The fraction of sp³-hybridized carbons (Fsp3) is 0.500. The van der Waals surface area contributed by atoms with Crippen LogP contribution in [-0.4, -0.2) is 9.97 Å². The normalized spacial score (nSPS) is 9.83. The van der Waals surface area contributed by atoms with Crippen LogP contribution in [-0.2, 0) is 6.42 Å². The number of hydrogen-bond donors (Lipinski definition) is 2. The molecule has 0 saturated heterocycles. The third-order valence-corrected chi connectivity index (χ3v) is 1.61. The van der Waals surface area contributed by atoms with E-state index in [1.54, 1.807) is 12.3 Å². The van der Waals surface area contributed by atoms with Crippen LogP contribution in [0.1, 0.15) is 25.6 Å². The molecule has 0 bridgehead atoms. The van der Waals surface area contributed by atoms with Gasteiger partial charge < -0.3 is 5.43 Å². The van der Waals surface area contributed by atoms with E-state index in [0.717, 1.165) is 25.1 Å². The first kappa shape index (κ1) is 8.93. The van der Waals surface area contributed by atoms with Crippen LogP contribution in [0, 0.1) is 0 Å². The van der Waals surface area contributed by atoms with Crippen LogP contribution in [0.25, 0.3) is 0 Å². The van der Waals surface area contributed by atoms with Crippen molar-refractivity contribution in [1.29, 1.82) is 0 Å². The van der Waals surface area contributed by atoms with E-state index < -0.39 is 0 Å². The van der Waals surface area contributed by atoms with E-state index in [9.17, 15) is 0 Å². The Hall–Kier alpha value is -1.16. The molecule has 0 atom stereocenters. The molecule has 0 aliphatic carbocycles. The van der Waals surface area contributed by atoms with E-state index in [0.29, 0.717) is 5.82 Å². The summed E-state index contributed by atoms with van der Waals surface area (Å²) < 4.78 is 0. The molecular weight excluding hydrogens is 152 g/mol. The SMILES string of the molecule is CCCCc1nccc(NN)n1. The van der Waals surface area contributed by atoms with E-state index in [-0.39, 0.29) is 0 Å².